The van der Waals surface area contributed by atoms with Crippen molar-refractivity contribution in [2.45, 2.75) is 65.8 Å². The number of carbonyl (C=O) groups is 2. The van der Waals surface area contributed by atoms with Crippen molar-refractivity contribution in [3.05, 3.63) is 80.6 Å². The number of ketones is 2. The van der Waals surface area contributed by atoms with Crippen molar-refractivity contribution >= 4 is 27.5 Å². The number of halogens is 1. The number of benzene rings is 2. The molecule has 0 unspecified atom stereocenters. The van der Waals surface area contributed by atoms with E-state index in [1.807, 2.05) is 30.3 Å². The van der Waals surface area contributed by atoms with Gasteiger partial charge in [0.1, 0.15) is 6.61 Å². The molecule has 0 amide bonds. The van der Waals surface area contributed by atoms with Gasteiger partial charge in [-0.2, -0.15) is 0 Å². The summed E-state index contributed by atoms with van der Waals surface area (Å²) in [4.78, 5) is 30.4. The number of Topliss-reactive ketones (excluding diaryl/α,β-unsaturated/α-hetero) is 2. The van der Waals surface area contributed by atoms with Gasteiger partial charge in [-0.3, -0.25) is 9.59 Å². The Labute approximate surface area is 245 Å². The predicted molar refractivity (Wildman–Crippen MR) is 160 cm³/mol. The average molecular weight is 603 g/mol. The van der Waals surface area contributed by atoms with E-state index in [9.17, 15) is 9.59 Å². The molecule has 3 aliphatic rings. The Kier molecular flexibility index (Phi) is 7.48. The zero-order chi connectivity index (χ0) is 28.8. The Morgan fingerprint density at radius 3 is 2.05 bits per heavy atom. The molecule has 2 aromatic rings. The van der Waals surface area contributed by atoms with Crippen LogP contribution in [0.1, 0.15) is 70.4 Å². The number of ether oxygens (including phenoxy) is 2. The molecule has 0 bridgehead atoms. The summed E-state index contributed by atoms with van der Waals surface area (Å²) in [6.07, 6.45) is 7.81. The molecule has 0 saturated heterocycles. The maximum Gasteiger partial charge on any atom is 0.176 e. The highest BCUT2D eigenvalue weighted by molar-refractivity contribution is 9.10. The second kappa shape index (κ2) is 10.6. The summed E-state index contributed by atoms with van der Waals surface area (Å²) in [5.74, 6) is 3.22. The number of rotatable bonds is 6. The second-order valence-electron chi connectivity index (χ2n) is 12.6. The Balaban J connectivity index is 1.76. The van der Waals surface area contributed by atoms with Crippen molar-refractivity contribution in [2.24, 2.45) is 10.8 Å². The fraction of sp³-hybridized carbons (Fsp3) is 0.412. The lowest BCUT2D eigenvalue weighted by Gasteiger charge is -2.49. The van der Waals surface area contributed by atoms with Crippen LogP contribution in [-0.4, -0.2) is 30.2 Å². The maximum atomic E-state index is 14.1. The normalized spacial score (nSPS) is 20.2. The van der Waals surface area contributed by atoms with Crippen LogP contribution in [0, 0.1) is 23.2 Å². The summed E-state index contributed by atoms with van der Waals surface area (Å²) < 4.78 is 12.1. The van der Waals surface area contributed by atoms with Crippen LogP contribution in [0.4, 0.5) is 0 Å². The Morgan fingerprint density at radius 2 is 1.52 bits per heavy atom. The van der Waals surface area contributed by atoms with Gasteiger partial charge in [-0.05, 0) is 62.9 Å². The SMILES string of the molecule is C#CCOc1c(Br)cc(C2C3=C(CC(C)(C)CC3=O)N(Cc3ccccc3)C3=C2C(=O)CC(C)(C)C3)cc1OC. The van der Waals surface area contributed by atoms with E-state index in [2.05, 4.69) is 66.6 Å². The van der Waals surface area contributed by atoms with Crippen molar-refractivity contribution < 1.29 is 19.1 Å². The van der Waals surface area contributed by atoms with Gasteiger partial charge in [-0.15, -0.1) is 6.42 Å². The van der Waals surface area contributed by atoms with Gasteiger partial charge in [0.2, 0.25) is 0 Å². The molecule has 1 aliphatic heterocycles. The van der Waals surface area contributed by atoms with Crippen LogP contribution < -0.4 is 9.47 Å². The average Bonchev–Trinajstić information content (AvgIpc) is 2.87. The van der Waals surface area contributed by atoms with Crippen LogP contribution in [0.15, 0.2) is 69.5 Å². The molecule has 0 spiro atoms. The van der Waals surface area contributed by atoms with E-state index in [-0.39, 0.29) is 29.0 Å². The summed E-state index contributed by atoms with van der Waals surface area (Å²) >= 11 is 3.65. The molecule has 208 valence electrons. The number of hydrogen-bond acceptors (Lipinski definition) is 5. The number of allylic oxidation sites excluding steroid dienone is 4. The minimum Gasteiger partial charge on any atom is -0.493 e. The highest BCUT2D eigenvalue weighted by atomic mass is 79.9. The van der Waals surface area contributed by atoms with Gasteiger partial charge in [0.05, 0.1) is 11.6 Å². The van der Waals surface area contributed by atoms with Crippen LogP contribution in [-0.2, 0) is 16.1 Å². The zero-order valence-corrected chi connectivity index (χ0v) is 25.5. The van der Waals surface area contributed by atoms with Gasteiger partial charge in [-0.25, -0.2) is 0 Å². The van der Waals surface area contributed by atoms with Crippen LogP contribution in [0.3, 0.4) is 0 Å². The first kappa shape index (κ1) is 28.2. The molecule has 5 rings (SSSR count). The number of terminal acetylenes is 1. The monoisotopic (exact) mass is 601 g/mol. The van der Waals surface area contributed by atoms with E-state index < -0.39 is 5.92 Å². The fourth-order valence-corrected chi connectivity index (χ4v) is 7.07. The van der Waals surface area contributed by atoms with Crippen molar-refractivity contribution in [1.82, 2.24) is 4.90 Å². The maximum absolute atomic E-state index is 14.1. The summed E-state index contributed by atoms with van der Waals surface area (Å²) in [6, 6.07) is 14.1. The van der Waals surface area contributed by atoms with Gasteiger partial charge in [0, 0.05) is 47.8 Å². The standard InChI is InChI=1S/C34H36BrNO4/c1-7-13-40-32-23(35)14-22(15-28(32)39-6)29-30-24(16-33(2,3)18-26(30)37)36(20-21-11-9-8-10-12-21)25-17-34(4,5)19-27(38)31(25)29/h1,8-12,14-15,29H,13,16-20H2,2-6H3. The number of hydrogen-bond donors (Lipinski definition) is 0. The molecule has 40 heavy (non-hydrogen) atoms. The molecule has 5 nitrogen and oxygen atoms in total. The van der Waals surface area contributed by atoms with E-state index in [4.69, 9.17) is 15.9 Å². The smallest absolute Gasteiger partial charge is 0.176 e. The molecular weight excluding hydrogens is 566 g/mol. The third kappa shape index (κ3) is 5.24. The molecule has 0 fully saturated rings. The first-order valence-corrected chi connectivity index (χ1v) is 14.5. The third-order valence-electron chi connectivity index (χ3n) is 8.09. The molecule has 2 aromatic carbocycles. The summed E-state index contributed by atoms with van der Waals surface area (Å²) in [6.45, 7) is 9.33. The fourth-order valence-electron chi connectivity index (χ4n) is 6.50. The minimum absolute atomic E-state index is 0.0952. The van der Waals surface area contributed by atoms with Gasteiger partial charge in [0.25, 0.3) is 0 Å². The van der Waals surface area contributed by atoms with Crippen LogP contribution in [0.25, 0.3) is 0 Å². The van der Waals surface area contributed by atoms with E-state index in [0.717, 1.165) is 46.5 Å². The third-order valence-corrected chi connectivity index (χ3v) is 8.68. The molecule has 0 N–H and O–H groups in total. The lowest BCUT2D eigenvalue weighted by Crippen LogP contribution is -2.44. The van der Waals surface area contributed by atoms with E-state index in [1.165, 1.54) is 0 Å². The molecule has 2 aliphatic carbocycles. The van der Waals surface area contributed by atoms with Crippen molar-refractivity contribution in [3.8, 4) is 23.8 Å². The van der Waals surface area contributed by atoms with E-state index in [1.54, 1.807) is 7.11 Å². The number of methoxy groups -OCH3 is 1. The minimum atomic E-state index is -0.476. The van der Waals surface area contributed by atoms with Gasteiger partial charge < -0.3 is 14.4 Å². The van der Waals surface area contributed by atoms with Gasteiger partial charge >= 0.3 is 0 Å². The van der Waals surface area contributed by atoms with E-state index in [0.29, 0.717) is 35.4 Å². The summed E-state index contributed by atoms with van der Waals surface area (Å²) in [5.41, 5.74) is 5.12. The molecule has 1 heterocycles. The number of nitrogens with zero attached hydrogens (tertiary/aromatic N) is 1. The van der Waals surface area contributed by atoms with E-state index >= 15 is 0 Å². The first-order chi connectivity index (χ1) is 18.9. The summed E-state index contributed by atoms with van der Waals surface area (Å²) in [7, 11) is 1.58. The van der Waals surface area contributed by atoms with Gasteiger partial charge in [0.15, 0.2) is 23.1 Å². The molecule has 0 aromatic heterocycles. The molecular formula is C34H36BrNO4. The van der Waals surface area contributed by atoms with Crippen molar-refractivity contribution in [1.29, 1.82) is 0 Å². The Hall–Kier alpha value is -3.30. The molecule has 0 saturated carbocycles. The highest BCUT2D eigenvalue weighted by Crippen LogP contribution is 2.55. The quantitative estimate of drug-likeness (QED) is 0.324. The predicted octanol–water partition coefficient (Wildman–Crippen LogP) is 7.36. The lowest BCUT2D eigenvalue weighted by molar-refractivity contribution is -0.119. The molecule has 0 atom stereocenters. The van der Waals surface area contributed by atoms with Crippen LogP contribution >= 0.6 is 15.9 Å². The van der Waals surface area contributed by atoms with Crippen molar-refractivity contribution in [2.75, 3.05) is 13.7 Å². The largest absolute Gasteiger partial charge is 0.493 e. The Bertz CT molecular complexity index is 1420. The van der Waals surface area contributed by atoms with Crippen LogP contribution in [0.2, 0.25) is 0 Å². The lowest BCUT2D eigenvalue weighted by atomic mass is 9.63. The zero-order valence-electron chi connectivity index (χ0n) is 23.9. The molecule has 6 heteroatoms. The van der Waals surface area contributed by atoms with Crippen molar-refractivity contribution in [3.63, 3.8) is 0 Å². The van der Waals surface area contributed by atoms with Crippen LogP contribution in [0.5, 0.6) is 11.5 Å². The van der Waals surface area contributed by atoms with Gasteiger partial charge in [-0.1, -0.05) is 63.9 Å². The second-order valence-corrected chi connectivity index (χ2v) is 13.5. The summed E-state index contributed by atoms with van der Waals surface area (Å²) in [5, 5.41) is 0. The highest BCUT2D eigenvalue weighted by Gasteiger charge is 2.49. The number of carbonyl (C=O) groups excluding carboxylic acids is 2. The molecule has 0 radical (unpaired) electrons. The first-order valence-electron chi connectivity index (χ1n) is 13.7. The topological polar surface area (TPSA) is 55.8 Å². The Morgan fingerprint density at radius 1 is 0.950 bits per heavy atom.